The lowest BCUT2D eigenvalue weighted by atomic mass is 10.2. The van der Waals surface area contributed by atoms with Gasteiger partial charge in [-0.2, -0.15) is 0 Å². The van der Waals surface area contributed by atoms with Crippen molar-refractivity contribution in [3.05, 3.63) is 33.2 Å². The molecule has 1 atom stereocenters. The van der Waals surface area contributed by atoms with Crippen LogP contribution in [-0.4, -0.2) is 27.4 Å². The van der Waals surface area contributed by atoms with Gasteiger partial charge in [-0.1, -0.05) is 17.8 Å². The Labute approximate surface area is 156 Å². The third kappa shape index (κ3) is 2.92. The molecule has 3 aromatic heterocycles. The van der Waals surface area contributed by atoms with E-state index in [0.29, 0.717) is 23.6 Å². The Balaban J connectivity index is 1.88. The Hall–Kier alpha value is -1.64. The highest BCUT2D eigenvalue weighted by Crippen LogP contribution is 2.36. The first kappa shape index (κ1) is 16.8. The van der Waals surface area contributed by atoms with Gasteiger partial charge >= 0.3 is 5.97 Å². The summed E-state index contributed by atoms with van der Waals surface area (Å²) in [6, 6.07) is 3.96. The molecule has 1 fully saturated rings. The summed E-state index contributed by atoms with van der Waals surface area (Å²) in [6.07, 6.45) is 0.653. The highest BCUT2D eigenvalue weighted by atomic mass is 32.2. The number of hydrogen-bond acceptors (Lipinski definition) is 7. The third-order valence-corrected chi connectivity index (χ3v) is 7.03. The molecule has 25 heavy (non-hydrogen) atoms. The van der Waals surface area contributed by atoms with Crippen LogP contribution in [0.5, 0.6) is 0 Å². The van der Waals surface area contributed by atoms with Gasteiger partial charge in [0.1, 0.15) is 10.1 Å². The van der Waals surface area contributed by atoms with Gasteiger partial charge in [0.25, 0.3) is 5.56 Å². The molecule has 0 radical (unpaired) electrons. The molecule has 0 amide bonds. The maximum absolute atomic E-state index is 13.2. The van der Waals surface area contributed by atoms with E-state index in [1.165, 1.54) is 23.1 Å². The average Bonchev–Trinajstić information content (AvgIpc) is 3.28. The Bertz CT molecular complexity index is 989. The largest absolute Gasteiger partial charge is 0.465 e. The quantitative estimate of drug-likeness (QED) is 0.492. The predicted octanol–water partition coefficient (Wildman–Crippen LogP) is 4.18. The minimum absolute atomic E-state index is 0.0413. The molecule has 0 aromatic carbocycles. The molecular weight excluding hydrogens is 376 g/mol. The number of aromatic nitrogens is 2. The van der Waals surface area contributed by atoms with Crippen molar-refractivity contribution < 1.29 is 9.53 Å². The Morgan fingerprint density at radius 3 is 2.84 bits per heavy atom. The number of nitrogens with zero attached hydrogens (tertiary/aromatic N) is 2. The Kier molecular flexibility index (Phi) is 4.43. The van der Waals surface area contributed by atoms with E-state index in [9.17, 15) is 9.59 Å². The van der Waals surface area contributed by atoms with Crippen LogP contribution in [0.25, 0.3) is 20.7 Å². The smallest absolute Gasteiger partial charge is 0.319 e. The summed E-state index contributed by atoms with van der Waals surface area (Å²) >= 11 is 4.42. The van der Waals surface area contributed by atoms with Gasteiger partial charge in [-0.05, 0) is 25.3 Å². The van der Waals surface area contributed by atoms with E-state index in [-0.39, 0.29) is 22.8 Å². The van der Waals surface area contributed by atoms with Crippen LogP contribution in [0.15, 0.2) is 32.8 Å². The number of esters is 1. The van der Waals surface area contributed by atoms with E-state index in [4.69, 9.17) is 9.72 Å². The third-order valence-electron chi connectivity index (χ3n) is 4.05. The lowest BCUT2D eigenvalue weighted by Crippen LogP contribution is -2.26. The minimum atomic E-state index is -0.286. The van der Waals surface area contributed by atoms with Gasteiger partial charge < -0.3 is 4.74 Å². The number of ether oxygens (including phenoxy) is 1. The topological polar surface area (TPSA) is 61.2 Å². The summed E-state index contributed by atoms with van der Waals surface area (Å²) in [5.41, 5.74) is 0.900. The molecule has 4 rings (SSSR count). The second-order valence-electron chi connectivity index (χ2n) is 6.03. The molecule has 1 saturated heterocycles. The molecule has 130 valence electrons. The van der Waals surface area contributed by atoms with Crippen molar-refractivity contribution in [2.45, 2.75) is 36.7 Å². The van der Waals surface area contributed by atoms with Crippen molar-refractivity contribution in [1.29, 1.82) is 0 Å². The first-order valence-corrected chi connectivity index (χ1v) is 10.6. The van der Waals surface area contributed by atoms with E-state index in [0.717, 1.165) is 15.3 Å². The van der Waals surface area contributed by atoms with Crippen molar-refractivity contribution in [2.24, 2.45) is 0 Å². The minimum Gasteiger partial charge on any atom is -0.465 e. The van der Waals surface area contributed by atoms with Crippen LogP contribution in [0.2, 0.25) is 0 Å². The Morgan fingerprint density at radius 1 is 1.36 bits per heavy atom. The molecule has 4 heterocycles. The van der Waals surface area contributed by atoms with E-state index < -0.39 is 0 Å². The summed E-state index contributed by atoms with van der Waals surface area (Å²) in [6.45, 7) is 4.36. The molecule has 3 aromatic rings. The molecule has 0 aliphatic carbocycles. The molecule has 8 heteroatoms. The Morgan fingerprint density at radius 2 is 2.20 bits per heavy atom. The van der Waals surface area contributed by atoms with Gasteiger partial charge in [0.2, 0.25) is 0 Å². The van der Waals surface area contributed by atoms with Crippen LogP contribution < -0.4 is 5.56 Å². The van der Waals surface area contributed by atoms with Gasteiger partial charge in [0.15, 0.2) is 5.16 Å². The number of carbonyl (C=O) groups excluding carboxylic acids is 1. The van der Waals surface area contributed by atoms with Crippen LogP contribution in [0.1, 0.15) is 26.3 Å². The number of rotatable bonds is 4. The molecule has 1 aliphatic heterocycles. The van der Waals surface area contributed by atoms with E-state index in [1.54, 1.807) is 15.9 Å². The first-order valence-electron chi connectivity index (χ1n) is 7.97. The molecule has 0 N–H and O–H groups in total. The first-order chi connectivity index (χ1) is 12.1. The fraction of sp³-hybridized carbons (Fsp3) is 0.353. The predicted molar refractivity (Wildman–Crippen MR) is 103 cm³/mol. The van der Waals surface area contributed by atoms with Crippen LogP contribution in [0.3, 0.4) is 0 Å². The molecule has 0 spiro atoms. The monoisotopic (exact) mass is 392 g/mol. The normalized spacial score (nSPS) is 17.6. The van der Waals surface area contributed by atoms with Gasteiger partial charge in [-0.25, -0.2) is 4.98 Å². The van der Waals surface area contributed by atoms with Crippen LogP contribution in [-0.2, 0) is 9.53 Å². The molecule has 5 nitrogen and oxygen atoms in total. The van der Waals surface area contributed by atoms with Crippen molar-refractivity contribution in [2.75, 3.05) is 6.61 Å². The second-order valence-corrected chi connectivity index (χ2v) is 9.01. The van der Waals surface area contributed by atoms with Crippen molar-refractivity contribution in [1.82, 2.24) is 9.55 Å². The number of carbonyl (C=O) groups is 1. The number of cyclic esters (lactones) is 1. The average molecular weight is 393 g/mol. The van der Waals surface area contributed by atoms with Gasteiger partial charge in [0.05, 0.1) is 12.0 Å². The highest BCUT2D eigenvalue weighted by molar-refractivity contribution is 8.00. The molecule has 1 unspecified atom stereocenters. The van der Waals surface area contributed by atoms with Crippen molar-refractivity contribution >= 4 is 50.6 Å². The van der Waals surface area contributed by atoms with Crippen LogP contribution in [0.4, 0.5) is 0 Å². The number of fused-ring (bicyclic) bond motifs is 1. The summed E-state index contributed by atoms with van der Waals surface area (Å²) in [4.78, 5) is 31.6. The fourth-order valence-electron chi connectivity index (χ4n) is 2.85. The number of hydrogen-bond donors (Lipinski definition) is 0. The van der Waals surface area contributed by atoms with E-state index in [1.807, 2.05) is 36.7 Å². The molecule has 1 aliphatic rings. The fourth-order valence-corrected chi connectivity index (χ4v) is 5.84. The van der Waals surface area contributed by atoms with Crippen LogP contribution >= 0.6 is 34.4 Å². The van der Waals surface area contributed by atoms with Crippen molar-refractivity contribution in [3.63, 3.8) is 0 Å². The summed E-state index contributed by atoms with van der Waals surface area (Å²) in [5.74, 6) is -0.222. The maximum Gasteiger partial charge on any atom is 0.319 e. The second kappa shape index (κ2) is 6.59. The van der Waals surface area contributed by atoms with Crippen molar-refractivity contribution in [3.8, 4) is 10.4 Å². The number of thioether (sulfide) groups is 1. The maximum atomic E-state index is 13.2. The lowest BCUT2D eigenvalue weighted by molar-refractivity contribution is -0.137. The SMILES string of the molecule is CC(C)n1c(SC2CCOC2=O)nc2scc(-c3cccs3)c2c1=O. The number of thiophene rings is 2. The summed E-state index contributed by atoms with van der Waals surface area (Å²) in [7, 11) is 0. The van der Waals surface area contributed by atoms with E-state index in [2.05, 4.69) is 0 Å². The summed E-state index contributed by atoms with van der Waals surface area (Å²) < 4.78 is 6.73. The molecule has 0 bridgehead atoms. The molecular formula is C17H16N2O3S3. The van der Waals surface area contributed by atoms with Gasteiger partial charge in [0, 0.05) is 28.3 Å². The van der Waals surface area contributed by atoms with Gasteiger partial charge in [-0.3, -0.25) is 14.2 Å². The summed E-state index contributed by atoms with van der Waals surface area (Å²) in [5, 5.41) is 4.97. The lowest BCUT2D eigenvalue weighted by Gasteiger charge is -2.16. The zero-order valence-corrected chi connectivity index (χ0v) is 16.2. The van der Waals surface area contributed by atoms with E-state index >= 15 is 0 Å². The zero-order valence-electron chi connectivity index (χ0n) is 13.7. The van der Waals surface area contributed by atoms with Crippen LogP contribution in [0, 0.1) is 0 Å². The molecule has 0 saturated carbocycles. The van der Waals surface area contributed by atoms with Gasteiger partial charge in [-0.15, -0.1) is 22.7 Å². The standard InChI is InChI=1S/C17H16N2O3S3/c1-9(2)19-15(20)13-10(11-4-3-7-23-11)8-24-14(13)18-17(19)25-12-5-6-22-16(12)21/h3-4,7-9,12H,5-6H2,1-2H3. The highest BCUT2D eigenvalue weighted by Gasteiger charge is 2.30. The zero-order chi connectivity index (χ0) is 17.6.